The monoisotopic (exact) mass is 519 g/mol. The first kappa shape index (κ1) is 28.0. The number of ether oxygens (including phenoxy) is 2. The minimum absolute atomic E-state index is 0.203. The fourth-order valence-corrected chi connectivity index (χ4v) is 2.60. The highest BCUT2D eigenvalue weighted by atomic mass is 19.4. The van der Waals surface area contributed by atoms with Gasteiger partial charge < -0.3 is 9.47 Å². The lowest BCUT2D eigenvalue weighted by Gasteiger charge is -2.17. The highest BCUT2D eigenvalue weighted by Gasteiger charge is 2.39. The van der Waals surface area contributed by atoms with Crippen LogP contribution in [0.5, 0.6) is 5.88 Å². The van der Waals surface area contributed by atoms with Gasteiger partial charge in [0, 0.05) is 12.6 Å². The van der Waals surface area contributed by atoms with Crippen molar-refractivity contribution in [3.05, 3.63) is 46.7 Å². The molecule has 1 aromatic carbocycles. The molecule has 6 nitrogen and oxygen atoms in total. The second-order valence-electron chi connectivity index (χ2n) is 7.24. The summed E-state index contributed by atoms with van der Waals surface area (Å²) >= 11 is 0. The molecule has 0 aliphatic carbocycles. The van der Waals surface area contributed by atoms with Crippen LogP contribution in [0.3, 0.4) is 0 Å². The Balaban J connectivity index is 2.72. The van der Waals surface area contributed by atoms with Crippen molar-refractivity contribution in [1.29, 1.82) is 0 Å². The Bertz CT molecular complexity index is 1130. The Morgan fingerprint density at radius 3 is 2.11 bits per heavy atom. The lowest BCUT2D eigenvalue weighted by atomic mass is 10.1. The number of halogens is 9. The molecule has 0 aliphatic rings. The predicted molar refractivity (Wildman–Crippen MR) is 101 cm³/mol. The quantitative estimate of drug-likeness (QED) is 0.278. The molecule has 0 saturated heterocycles. The zero-order valence-corrected chi connectivity index (χ0v) is 18.3. The SMILES string of the molecule is CCn1c(OCOC(=O)C(C)C)cc(C(F)(F)F)nc1=Nc1ccc(C(F)(F)F)cc1C(F)(F)F. The molecule has 0 atom stereocenters. The number of alkyl halides is 9. The van der Waals surface area contributed by atoms with Crippen LogP contribution in [0.4, 0.5) is 45.2 Å². The van der Waals surface area contributed by atoms with Crippen molar-refractivity contribution in [2.24, 2.45) is 10.9 Å². The number of aromatic nitrogens is 2. The highest BCUT2D eigenvalue weighted by Crippen LogP contribution is 2.40. The van der Waals surface area contributed by atoms with E-state index in [1.807, 2.05) is 0 Å². The summed E-state index contributed by atoms with van der Waals surface area (Å²) < 4.78 is 130. The van der Waals surface area contributed by atoms with Gasteiger partial charge in [0.2, 0.25) is 18.3 Å². The number of carbonyl (C=O) groups excluding carboxylic acids is 1. The summed E-state index contributed by atoms with van der Waals surface area (Å²) in [6.45, 7) is 3.30. The molecular weight excluding hydrogens is 501 g/mol. The largest absolute Gasteiger partial charge is 0.442 e. The average molecular weight is 519 g/mol. The van der Waals surface area contributed by atoms with Crippen LogP contribution in [-0.4, -0.2) is 22.3 Å². The molecule has 0 amide bonds. The van der Waals surface area contributed by atoms with Gasteiger partial charge in [-0.05, 0) is 25.1 Å². The summed E-state index contributed by atoms with van der Waals surface area (Å²) in [5.74, 6) is -1.92. The third-order valence-electron chi connectivity index (χ3n) is 4.32. The summed E-state index contributed by atoms with van der Waals surface area (Å²) in [5, 5.41) is 0. The van der Waals surface area contributed by atoms with Crippen molar-refractivity contribution in [3.8, 4) is 5.88 Å². The fourth-order valence-electron chi connectivity index (χ4n) is 2.60. The molecule has 0 spiro atoms. The number of benzene rings is 1. The van der Waals surface area contributed by atoms with Crippen LogP contribution in [0.2, 0.25) is 0 Å². The van der Waals surface area contributed by atoms with E-state index in [2.05, 4.69) is 9.98 Å². The van der Waals surface area contributed by atoms with E-state index in [9.17, 15) is 44.3 Å². The number of rotatable bonds is 6. The first-order valence-corrected chi connectivity index (χ1v) is 9.76. The third kappa shape index (κ3) is 7.11. The number of esters is 1. The van der Waals surface area contributed by atoms with Crippen molar-refractivity contribution >= 4 is 11.7 Å². The van der Waals surface area contributed by atoms with Gasteiger partial charge in [-0.1, -0.05) is 13.8 Å². The van der Waals surface area contributed by atoms with Crippen LogP contribution in [0.1, 0.15) is 37.6 Å². The van der Waals surface area contributed by atoms with E-state index >= 15 is 0 Å². The molecule has 0 fully saturated rings. The second-order valence-corrected chi connectivity index (χ2v) is 7.24. The molecule has 2 aromatic rings. The molecule has 0 bridgehead atoms. The van der Waals surface area contributed by atoms with Crippen LogP contribution >= 0.6 is 0 Å². The van der Waals surface area contributed by atoms with Crippen molar-refractivity contribution in [2.45, 2.75) is 45.8 Å². The maximum Gasteiger partial charge on any atom is 0.433 e. The van der Waals surface area contributed by atoms with E-state index in [1.54, 1.807) is 0 Å². The van der Waals surface area contributed by atoms with E-state index < -0.39 is 71.2 Å². The van der Waals surface area contributed by atoms with Gasteiger partial charge >= 0.3 is 24.5 Å². The molecule has 2 rings (SSSR count). The van der Waals surface area contributed by atoms with E-state index in [4.69, 9.17) is 9.47 Å². The van der Waals surface area contributed by atoms with Crippen LogP contribution in [0, 0.1) is 5.92 Å². The van der Waals surface area contributed by atoms with Gasteiger partial charge in [0.15, 0.2) is 5.69 Å². The van der Waals surface area contributed by atoms with E-state index in [1.165, 1.54) is 20.8 Å². The summed E-state index contributed by atoms with van der Waals surface area (Å²) in [6, 6.07) is 0.897. The minimum atomic E-state index is -5.32. The molecule has 0 aliphatic heterocycles. The fraction of sp³-hybridized carbons (Fsp3) is 0.450. The maximum atomic E-state index is 13.4. The molecule has 35 heavy (non-hydrogen) atoms. The van der Waals surface area contributed by atoms with E-state index in [0.717, 1.165) is 4.57 Å². The zero-order chi connectivity index (χ0) is 26.8. The van der Waals surface area contributed by atoms with Gasteiger partial charge in [0.25, 0.3) is 0 Å². The molecule has 15 heteroatoms. The normalized spacial score (nSPS) is 13.3. The Morgan fingerprint density at radius 2 is 1.63 bits per heavy atom. The van der Waals surface area contributed by atoms with Crippen LogP contribution < -0.4 is 10.4 Å². The molecule has 0 unspecified atom stereocenters. The predicted octanol–water partition coefficient (Wildman–Crippen LogP) is 5.73. The molecule has 0 radical (unpaired) electrons. The van der Waals surface area contributed by atoms with Crippen LogP contribution in [0.15, 0.2) is 29.3 Å². The topological polar surface area (TPSA) is 65.7 Å². The Morgan fingerprint density at radius 1 is 1.00 bits per heavy atom. The first-order valence-electron chi connectivity index (χ1n) is 9.76. The average Bonchev–Trinajstić information content (AvgIpc) is 2.71. The Hall–Kier alpha value is -3.26. The Kier molecular flexibility index (Phi) is 8.12. The molecule has 0 saturated carbocycles. The highest BCUT2D eigenvalue weighted by molar-refractivity contribution is 5.71. The van der Waals surface area contributed by atoms with Crippen molar-refractivity contribution in [2.75, 3.05) is 6.79 Å². The Labute approximate surface area is 192 Å². The lowest BCUT2D eigenvalue weighted by Crippen LogP contribution is -2.29. The maximum absolute atomic E-state index is 13.4. The number of carbonyl (C=O) groups is 1. The van der Waals surface area contributed by atoms with Crippen molar-refractivity contribution in [3.63, 3.8) is 0 Å². The van der Waals surface area contributed by atoms with Crippen molar-refractivity contribution < 1.29 is 53.8 Å². The summed E-state index contributed by atoms with van der Waals surface area (Å²) in [4.78, 5) is 18.3. The smallest absolute Gasteiger partial charge is 0.433 e. The molecular formula is C20H18F9N3O3. The van der Waals surface area contributed by atoms with Gasteiger partial charge in [0.1, 0.15) is 0 Å². The molecule has 1 aromatic heterocycles. The molecule has 194 valence electrons. The molecule has 1 heterocycles. The van der Waals surface area contributed by atoms with Gasteiger partial charge in [0.05, 0.1) is 22.7 Å². The van der Waals surface area contributed by atoms with Crippen LogP contribution in [-0.2, 0) is 34.6 Å². The molecule has 0 N–H and O–H groups in total. The lowest BCUT2D eigenvalue weighted by molar-refractivity contribution is -0.154. The van der Waals surface area contributed by atoms with Gasteiger partial charge in [-0.25, -0.2) is 9.98 Å². The van der Waals surface area contributed by atoms with E-state index in [0.29, 0.717) is 18.2 Å². The number of hydrogen-bond acceptors (Lipinski definition) is 5. The van der Waals surface area contributed by atoms with Crippen molar-refractivity contribution in [1.82, 2.24) is 9.55 Å². The summed E-state index contributed by atoms with van der Waals surface area (Å²) in [7, 11) is 0. The first-order chi connectivity index (χ1) is 15.9. The number of hydrogen-bond donors (Lipinski definition) is 0. The number of nitrogens with zero attached hydrogens (tertiary/aromatic N) is 3. The van der Waals surface area contributed by atoms with Gasteiger partial charge in [-0.3, -0.25) is 9.36 Å². The minimum Gasteiger partial charge on any atom is -0.442 e. The van der Waals surface area contributed by atoms with Crippen LogP contribution in [0.25, 0.3) is 0 Å². The van der Waals surface area contributed by atoms with E-state index in [-0.39, 0.29) is 12.6 Å². The van der Waals surface area contributed by atoms with Gasteiger partial charge in [-0.2, -0.15) is 39.5 Å². The summed E-state index contributed by atoms with van der Waals surface area (Å²) in [5.41, 5.74) is -7.09. The zero-order valence-electron chi connectivity index (χ0n) is 18.3. The second kappa shape index (κ2) is 10.2. The third-order valence-corrected chi connectivity index (χ3v) is 4.32. The summed E-state index contributed by atoms with van der Waals surface area (Å²) in [6.07, 6.45) is -15.5. The standard InChI is InChI=1S/C20H18F9N3O3/c1-4-32-15(34-9-35-16(33)10(2)3)8-14(20(27,28)29)31-17(32)30-13-6-5-11(18(21,22)23)7-12(13)19(24,25)26/h5-8,10H,4,9H2,1-3H3. The van der Waals surface area contributed by atoms with Gasteiger partial charge in [-0.15, -0.1) is 0 Å².